The molecule has 2 aromatic rings. The van der Waals surface area contributed by atoms with Crippen LogP contribution in [0.1, 0.15) is 36.8 Å². The zero-order chi connectivity index (χ0) is 14.9. The average Bonchev–Trinajstić information content (AvgIpc) is 2.88. The van der Waals surface area contributed by atoms with Crippen molar-refractivity contribution >= 4 is 22.5 Å². The predicted molar refractivity (Wildman–Crippen MR) is 70.1 cm³/mol. The predicted octanol–water partition coefficient (Wildman–Crippen LogP) is 3.80. The van der Waals surface area contributed by atoms with Gasteiger partial charge < -0.3 is 4.42 Å². The second-order valence-electron chi connectivity index (χ2n) is 4.28. The summed E-state index contributed by atoms with van der Waals surface area (Å²) in [5.41, 5.74) is -0.0829. The zero-order valence-corrected chi connectivity index (χ0v) is 10.7. The lowest BCUT2D eigenvalue weighted by atomic mass is 10.1. The van der Waals surface area contributed by atoms with Crippen LogP contribution in [0.2, 0.25) is 0 Å². The Labute approximate surface area is 115 Å². The standard InChI is InChI=1S/C14H7N5O/c1-7(2)14-19-12-8(5-15)10(17-3)11(18-4)9(6-16)13(12)20-14/h7H,1-2H3. The highest BCUT2D eigenvalue weighted by Gasteiger charge is 2.25. The molecule has 2 rings (SSSR count). The van der Waals surface area contributed by atoms with Crippen LogP contribution in [-0.2, 0) is 0 Å². The Balaban J connectivity index is 3.10. The van der Waals surface area contributed by atoms with Crippen LogP contribution in [-0.4, -0.2) is 4.98 Å². The molecule has 1 heterocycles. The molecule has 0 radical (unpaired) electrons. The first-order valence-electron chi connectivity index (χ1n) is 5.64. The average molecular weight is 261 g/mol. The van der Waals surface area contributed by atoms with Crippen molar-refractivity contribution in [2.75, 3.05) is 0 Å². The van der Waals surface area contributed by atoms with Crippen LogP contribution < -0.4 is 0 Å². The van der Waals surface area contributed by atoms with Gasteiger partial charge >= 0.3 is 0 Å². The molecule has 0 aliphatic heterocycles. The van der Waals surface area contributed by atoms with Crippen LogP contribution in [0.5, 0.6) is 0 Å². The van der Waals surface area contributed by atoms with E-state index in [2.05, 4.69) is 14.7 Å². The fourth-order valence-corrected chi connectivity index (χ4v) is 1.81. The summed E-state index contributed by atoms with van der Waals surface area (Å²) in [5, 5.41) is 18.4. The second-order valence-corrected chi connectivity index (χ2v) is 4.28. The minimum Gasteiger partial charge on any atom is -0.440 e. The summed E-state index contributed by atoms with van der Waals surface area (Å²) in [6, 6.07) is 3.75. The van der Waals surface area contributed by atoms with Gasteiger partial charge in [0.1, 0.15) is 5.52 Å². The quantitative estimate of drug-likeness (QED) is 0.731. The first-order valence-corrected chi connectivity index (χ1v) is 5.64. The molecule has 1 aromatic heterocycles. The van der Waals surface area contributed by atoms with E-state index in [-0.39, 0.29) is 39.5 Å². The number of nitrogens with zero attached hydrogens (tertiary/aromatic N) is 5. The fourth-order valence-electron chi connectivity index (χ4n) is 1.81. The Morgan fingerprint density at radius 3 is 2.10 bits per heavy atom. The minimum atomic E-state index is -0.155. The maximum absolute atomic E-state index is 9.22. The topological polar surface area (TPSA) is 82.3 Å². The Morgan fingerprint density at radius 1 is 1.10 bits per heavy atom. The van der Waals surface area contributed by atoms with Gasteiger partial charge in [-0.3, -0.25) is 0 Å². The number of aromatic nitrogens is 1. The molecule has 0 aliphatic rings. The fraction of sp³-hybridized carbons (Fsp3) is 0.214. The van der Waals surface area contributed by atoms with Gasteiger partial charge in [0.05, 0.1) is 36.4 Å². The third-order valence-electron chi connectivity index (χ3n) is 2.75. The highest BCUT2D eigenvalue weighted by molar-refractivity contribution is 6.00. The SMILES string of the molecule is [C-]#[N+]c1c([N+]#[C-])c(C#N)c2oc(C(C)C)nc2c1C#N. The van der Waals surface area contributed by atoms with Crippen molar-refractivity contribution in [2.45, 2.75) is 19.8 Å². The molecule has 94 valence electrons. The molecule has 0 bridgehead atoms. The molecule has 0 fully saturated rings. The number of hydrogen-bond acceptors (Lipinski definition) is 4. The molecule has 1 aromatic carbocycles. The van der Waals surface area contributed by atoms with Crippen LogP contribution in [0.25, 0.3) is 20.8 Å². The van der Waals surface area contributed by atoms with Crippen LogP contribution in [0.4, 0.5) is 11.4 Å². The van der Waals surface area contributed by atoms with E-state index < -0.39 is 0 Å². The Bertz CT molecular complexity index is 809. The molecule has 0 saturated heterocycles. The smallest absolute Gasteiger partial charge is 0.217 e. The van der Waals surface area contributed by atoms with E-state index >= 15 is 0 Å². The molecular formula is C14H7N5O. The first-order chi connectivity index (χ1) is 9.58. The lowest BCUT2D eigenvalue weighted by Crippen LogP contribution is -1.87. The van der Waals surface area contributed by atoms with E-state index in [0.717, 1.165) is 0 Å². The first kappa shape index (κ1) is 13.1. The van der Waals surface area contributed by atoms with Gasteiger partial charge in [-0.15, -0.1) is 0 Å². The zero-order valence-electron chi connectivity index (χ0n) is 10.7. The van der Waals surface area contributed by atoms with E-state index in [0.29, 0.717) is 5.89 Å². The van der Waals surface area contributed by atoms with Crippen molar-refractivity contribution in [3.05, 3.63) is 39.9 Å². The number of rotatable bonds is 1. The molecule has 0 amide bonds. The van der Waals surface area contributed by atoms with Crippen molar-refractivity contribution in [1.29, 1.82) is 10.5 Å². The van der Waals surface area contributed by atoms with Crippen LogP contribution in [0.3, 0.4) is 0 Å². The summed E-state index contributed by atoms with van der Waals surface area (Å²) in [5.74, 6) is 0.333. The second kappa shape index (κ2) is 4.73. The van der Waals surface area contributed by atoms with Gasteiger partial charge in [-0.2, -0.15) is 10.5 Å². The largest absolute Gasteiger partial charge is 0.440 e. The molecule has 0 atom stereocenters. The maximum Gasteiger partial charge on any atom is 0.217 e. The number of hydrogen-bond donors (Lipinski definition) is 0. The Kier molecular flexibility index (Phi) is 3.10. The van der Waals surface area contributed by atoms with Crippen molar-refractivity contribution in [3.63, 3.8) is 0 Å². The minimum absolute atomic E-state index is 0.0179. The Hall–Kier alpha value is -3.35. The summed E-state index contributed by atoms with van der Waals surface area (Å²) in [4.78, 5) is 10.6. The molecule has 20 heavy (non-hydrogen) atoms. The molecule has 6 nitrogen and oxygen atoms in total. The van der Waals surface area contributed by atoms with Gasteiger partial charge in [0.25, 0.3) is 0 Å². The normalized spacial score (nSPS) is 9.75. The van der Waals surface area contributed by atoms with Crippen LogP contribution in [0.15, 0.2) is 4.42 Å². The van der Waals surface area contributed by atoms with Crippen LogP contribution >= 0.6 is 0 Å². The maximum atomic E-state index is 9.22. The van der Waals surface area contributed by atoms with Crippen molar-refractivity contribution in [3.8, 4) is 12.1 Å². The molecule has 0 spiro atoms. The summed E-state index contributed by atoms with van der Waals surface area (Å²) in [6.07, 6.45) is 0. The van der Waals surface area contributed by atoms with E-state index in [1.807, 2.05) is 26.0 Å². The Morgan fingerprint density at radius 2 is 1.65 bits per heavy atom. The third kappa shape index (κ3) is 1.65. The number of oxazole rings is 1. The number of benzene rings is 1. The summed E-state index contributed by atoms with van der Waals surface area (Å²) in [6.45, 7) is 18.0. The van der Waals surface area contributed by atoms with Gasteiger partial charge in [-0.05, 0) is 0 Å². The molecule has 0 saturated carbocycles. The molecule has 0 unspecified atom stereocenters. The highest BCUT2D eigenvalue weighted by atomic mass is 16.3. The summed E-state index contributed by atoms with van der Waals surface area (Å²) < 4.78 is 5.51. The summed E-state index contributed by atoms with van der Waals surface area (Å²) in [7, 11) is 0. The van der Waals surface area contributed by atoms with E-state index in [1.54, 1.807) is 0 Å². The highest BCUT2D eigenvalue weighted by Crippen LogP contribution is 2.42. The lowest BCUT2D eigenvalue weighted by molar-refractivity contribution is 0.501. The molecule has 0 aliphatic carbocycles. The van der Waals surface area contributed by atoms with Gasteiger partial charge in [-0.25, -0.2) is 14.7 Å². The van der Waals surface area contributed by atoms with E-state index in [4.69, 9.17) is 17.6 Å². The molecular weight excluding hydrogens is 254 g/mol. The monoisotopic (exact) mass is 261 g/mol. The van der Waals surface area contributed by atoms with Crippen molar-refractivity contribution < 1.29 is 4.42 Å². The van der Waals surface area contributed by atoms with E-state index in [1.165, 1.54) is 0 Å². The number of fused-ring (bicyclic) bond motifs is 1. The van der Waals surface area contributed by atoms with Crippen LogP contribution in [0, 0.1) is 35.8 Å². The lowest BCUT2D eigenvalue weighted by Gasteiger charge is -2.01. The van der Waals surface area contributed by atoms with Gasteiger partial charge in [0.15, 0.2) is 11.5 Å². The van der Waals surface area contributed by atoms with Crippen molar-refractivity contribution in [2.24, 2.45) is 0 Å². The van der Waals surface area contributed by atoms with Crippen molar-refractivity contribution in [1.82, 2.24) is 4.98 Å². The van der Waals surface area contributed by atoms with Gasteiger partial charge in [0.2, 0.25) is 11.4 Å². The van der Waals surface area contributed by atoms with Gasteiger partial charge in [0, 0.05) is 5.92 Å². The van der Waals surface area contributed by atoms with Gasteiger partial charge in [-0.1, -0.05) is 13.8 Å². The summed E-state index contributed by atoms with van der Waals surface area (Å²) >= 11 is 0. The molecule has 0 N–H and O–H groups in total. The third-order valence-corrected chi connectivity index (χ3v) is 2.75. The number of nitriles is 2. The van der Waals surface area contributed by atoms with E-state index in [9.17, 15) is 10.5 Å². The molecule has 6 heteroatoms.